The van der Waals surface area contributed by atoms with Crippen molar-refractivity contribution >= 4 is 5.97 Å². The molecule has 1 aromatic rings. The van der Waals surface area contributed by atoms with Gasteiger partial charge in [-0.05, 0) is 6.07 Å². The summed E-state index contributed by atoms with van der Waals surface area (Å²) in [5.74, 6) is -0.242. The molecular weight excluding hydrogens is 182 g/mol. The van der Waals surface area contributed by atoms with E-state index < -0.39 is 0 Å². The topological polar surface area (TPSA) is 48.3 Å². The summed E-state index contributed by atoms with van der Waals surface area (Å²) < 4.78 is 6.35. The number of nitrogens with zero attached hydrogens (tertiary/aromatic N) is 1. The van der Waals surface area contributed by atoms with Gasteiger partial charge in [-0.15, -0.1) is 0 Å². The lowest BCUT2D eigenvalue weighted by molar-refractivity contribution is -0.143. The summed E-state index contributed by atoms with van der Waals surface area (Å²) in [6, 6.07) is 4.92. The van der Waals surface area contributed by atoms with Gasteiger partial charge in [0.2, 0.25) is 0 Å². The van der Waals surface area contributed by atoms with Gasteiger partial charge >= 0.3 is 5.97 Å². The minimum absolute atomic E-state index is 0.0833. The van der Waals surface area contributed by atoms with E-state index in [1.54, 1.807) is 25.3 Å². The molecule has 0 aromatic carbocycles. The monoisotopic (exact) mass is 195 g/mol. The van der Waals surface area contributed by atoms with Gasteiger partial charge in [0.1, 0.15) is 6.61 Å². The van der Waals surface area contributed by atoms with Crippen molar-refractivity contribution in [2.24, 2.45) is 0 Å². The van der Waals surface area contributed by atoms with Crippen molar-refractivity contribution in [1.82, 2.24) is 4.57 Å². The molecule has 0 fully saturated rings. The fourth-order valence-electron chi connectivity index (χ4n) is 1.01. The maximum Gasteiger partial charge on any atom is 0.305 e. The Morgan fingerprint density at radius 2 is 2.29 bits per heavy atom. The smallest absolute Gasteiger partial charge is 0.305 e. The predicted molar refractivity (Wildman–Crippen MR) is 52.0 cm³/mol. The Kier molecular flexibility index (Phi) is 3.91. The summed E-state index contributed by atoms with van der Waals surface area (Å²) in [7, 11) is 0. The van der Waals surface area contributed by atoms with E-state index in [9.17, 15) is 9.59 Å². The summed E-state index contributed by atoms with van der Waals surface area (Å²) in [5.41, 5.74) is -0.0833. The molecule has 4 nitrogen and oxygen atoms in total. The highest BCUT2D eigenvalue weighted by Gasteiger charge is 1.98. The van der Waals surface area contributed by atoms with E-state index in [1.807, 2.05) is 0 Å². The number of hydrogen-bond donors (Lipinski definition) is 0. The van der Waals surface area contributed by atoms with E-state index >= 15 is 0 Å². The normalized spacial score (nSPS) is 9.79. The van der Waals surface area contributed by atoms with Gasteiger partial charge in [-0.2, -0.15) is 0 Å². The van der Waals surface area contributed by atoms with E-state index in [4.69, 9.17) is 4.74 Å². The first kappa shape index (κ1) is 10.5. The van der Waals surface area contributed by atoms with Crippen LogP contribution in [0.1, 0.15) is 13.3 Å². The fraction of sp³-hybridized carbons (Fsp3) is 0.400. The molecule has 0 N–H and O–H groups in total. The third-order valence-electron chi connectivity index (χ3n) is 1.78. The van der Waals surface area contributed by atoms with Crippen LogP contribution in [-0.2, 0) is 16.1 Å². The van der Waals surface area contributed by atoms with Gasteiger partial charge in [-0.3, -0.25) is 9.59 Å². The highest BCUT2D eigenvalue weighted by Crippen LogP contribution is 1.87. The van der Waals surface area contributed by atoms with Gasteiger partial charge in [0.15, 0.2) is 0 Å². The van der Waals surface area contributed by atoms with Crippen molar-refractivity contribution in [3.05, 3.63) is 34.7 Å². The average Bonchev–Trinajstić information content (AvgIpc) is 2.20. The molecule has 0 radical (unpaired) electrons. The lowest BCUT2D eigenvalue weighted by Crippen LogP contribution is -2.21. The van der Waals surface area contributed by atoms with E-state index in [1.165, 1.54) is 10.6 Å². The van der Waals surface area contributed by atoms with Gasteiger partial charge in [-0.1, -0.05) is 13.0 Å². The summed E-state index contributed by atoms with van der Waals surface area (Å²) >= 11 is 0. The zero-order valence-corrected chi connectivity index (χ0v) is 8.10. The number of carbonyl (C=O) groups excluding carboxylic acids is 1. The third kappa shape index (κ3) is 3.05. The molecule has 0 aliphatic rings. The molecule has 0 atom stereocenters. The highest BCUT2D eigenvalue weighted by molar-refractivity contribution is 5.68. The zero-order chi connectivity index (χ0) is 10.4. The molecule has 0 amide bonds. The van der Waals surface area contributed by atoms with Crippen LogP contribution >= 0.6 is 0 Å². The molecule has 0 spiro atoms. The van der Waals surface area contributed by atoms with Crippen molar-refractivity contribution in [2.75, 3.05) is 6.61 Å². The Labute approximate surface area is 82.1 Å². The molecule has 0 saturated carbocycles. The van der Waals surface area contributed by atoms with Crippen molar-refractivity contribution < 1.29 is 9.53 Å². The van der Waals surface area contributed by atoms with Gasteiger partial charge in [-0.25, -0.2) is 0 Å². The Bertz CT molecular complexity index is 356. The van der Waals surface area contributed by atoms with Crippen LogP contribution in [-0.4, -0.2) is 17.1 Å². The molecule has 0 aliphatic heterocycles. The molecule has 0 unspecified atom stereocenters. The Morgan fingerprint density at radius 1 is 1.50 bits per heavy atom. The van der Waals surface area contributed by atoms with E-state index in [0.29, 0.717) is 13.0 Å². The molecular formula is C10H13NO3. The van der Waals surface area contributed by atoms with Crippen molar-refractivity contribution in [2.45, 2.75) is 19.9 Å². The third-order valence-corrected chi connectivity index (χ3v) is 1.78. The van der Waals surface area contributed by atoms with E-state index in [0.717, 1.165) is 0 Å². The first-order valence-corrected chi connectivity index (χ1v) is 4.55. The van der Waals surface area contributed by atoms with Crippen LogP contribution < -0.4 is 5.56 Å². The van der Waals surface area contributed by atoms with E-state index in [2.05, 4.69) is 0 Å². The number of aromatic nitrogens is 1. The second-order valence-electron chi connectivity index (χ2n) is 2.81. The molecule has 0 bridgehead atoms. The first-order chi connectivity index (χ1) is 6.74. The number of rotatable bonds is 4. The molecule has 1 heterocycles. The number of esters is 1. The van der Waals surface area contributed by atoms with Gasteiger partial charge < -0.3 is 9.30 Å². The summed E-state index contributed by atoms with van der Waals surface area (Å²) in [4.78, 5) is 22.0. The maximum absolute atomic E-state index is 11.2. The number of ether oxygens (including phenoxy) is 1. The first-order valence-electron chi connectivity index (χ1n) is 4.55. The quantitative estimate of drug-likeness (QED) is 0.668. The highest BCUT2D eigenvalue weighted by atomic mass is 16.5. The van der Waals surface area contributed by atoms with Crippen molar-refractivity contribution in [3.8, 4) is 0 Å². The summed E-state index contributed by atoms with van der Waals surface area (Å²) in [5, 5.41) is 0. The number of pyridine rings is 1. The molecule has 0 saturated heterocycles. The Balaban J connectivity index is 2.43. The van der Waals surface area contributed by atoms with Crippen LogP contribution in [0.15, 0.2) is 29.2 Å². The van der Waals surface area contributed by atoms with E-state index in [-0.39, 0.29) is 18.1 Å². The second-order valence-corrected chi connectivity index (χ2v) is 2.81. The van der Waals surface area contributed by atoms with Crippen LogP contribution in [0.3, 0.4) is 0 Å². The predicted octanol–water partition coefficient (Wildman–Crippen LogP) is 0.801. The minimum atomic E-state index is -0.242. The molecule has 1 aromatic heterocycles. The number of carbonyl (C=O) groups is 1. The van der Waals surface area contributed by atoms with Crippen LogP contribution in [0.25, 0.3) is 0 Å². The van der Waals surface area contributed by atoms with Gasteiger partial charge in [0.05, 0.1) is 6.54 Å². The average molecular weight is 195 g/mol. The van der Waals surface area contributed by atoms with Crippen molar-refractivity contribution in [1.29, 1.82) is 0 Å². The minimum Gasteiger partial charge on any atom is -0.464 e. The molecule has 4 heteroatoms. The van der Waals surface area contributed by atoms with Crippen LogP contribution in [0.4, 0.5) is 0 Å². The van der Waals surface area contributed by atoms with Crippen molar-refractivity contribution in [3.63, 3.8) is 0 Å². The SMILES string of the molecule is CCC(=O)OCCn1ccccc1=O. The van der Waals surface area contributed by atoms with Gasteiger partial charge in [0, 0.05) is 18.7 Å². The zero-order valence-electron chi connectivity index (χ0n) is 8.10. The van der Waals surface area contributed by atoms with Crippen LogP contribution in [0, 0.1) is 0 Å². The van der Waals surface area contributed by atoms with Gasteiger partial charge in [0.25, 0.3) is 5.56 Å². The lowest BCUT2D eigenvalue weighted by Gasteiger charge is -2.05. The fourth-order valence-corrected chi connectivity index (χ4v) is 1.01. The standard InChI is InChI=1S/C10H13NO3/c1-2-10(13)14-8-7-11-6-4-3-5-9(11)12/h3-6H,2,7-8H2,1H3. The molecule has 1 rings (SSSR count). The maximum atomic E-state index is 11.2. The molecule has 76 valence electrons. The largest absolute Gasteiger partial charge is 0.464 e. The van der Waals surface area contributed by atoms with Crippen LogP contribution in [0.2, 0.25) is 0 Å². The Morgan fingerprint density at radius 3 is 2.93 bits per heavy atom. The second kappa shape index (κ2) is 5.21. The summed E-state index contributed by atoms with van der Waals surface area (Å²) in [6.07, 6.45) is 2.03. The van der Waals surface area contributed by atoms with Crippen LogP contribution in [0.5, 0.6) is 0 Å². The lowest BCUT2D eigenvalue weighted by atomic mass is 10.4. The molecule has 0 aliphatic carbocycles. The molecule has 14 heavy (non-hydrogen) atoms. The Hall–Kier alpha value is -1.58. The number of hydrogen-bond acceptors (Lipinski definition) is 3. The summed E-state index contributed by atoms with van der Waals surface area (Å²) in [6.45, 7) is 2.39.